The Morgan fingerprint density at radius 2 is 2.17 bits per heavy atom. The van der Waals surface area contributed by atoms with E-state index in [1.54, 1.807) is 17.6 Å². The highest BCUT2D eigenvalue weighted by atomic mass is 16.1. The molecule has 0 saturated heterocycles. The van der Waals surface area contributed by atoms with E-state index in [-0.39, 0.29) is 5.91 Å². The molecule has 11 nitrogen and oxygen atoms in total. The van der Waals surface area contributed by atoms with Crippen LogP contribution in [0.5, 0.6) is 0 Å². The van der Waals surface area contributed by atoms with E-state index < -0.39 is 6.04 Å². The first-order valence-corrected chi connectivity index (χ1v) is 9.74. The van der Waals surface area contributed by atoms with Gasteiger partial charge in [0.2, 0.25) is 0 Å². The molecule has 1 atom stereocenters. The number of nitrogens with one attached hydrogen (secondary N) is 4. The van der Waals surface area contributed by atoms with Gasteiger partial charge in [0.05, 0.1) is 11.9 Å². The van der Waals surface area contributed by atoms with Gasteiger partial charge in [-0.25, -0.2) is 4.98 Å². The summed E-state index contributed by atoms with van der Waals surface area (Å²) in [6.45, 7) is 3.21. The molecule has 11 heteroatoms. The molecule has 0 saturated carbocycles. The van der Waals surface area contributed by atoms with Crippen LogP contribution in [-0.4, -0.2) is 66.2 Å². The molecule has 0 aromatic carbocycles. The smallest absolute Gasteiger partial charge is 0.256 e. The summed E-state index contributed by atoms with van der Waals surface area (Å²) < 4.78 is 1.55. The van der Waals surface area contributed by atoms with E-state index in [0.717, 1.165) is 12.7 Å². The molecule has 0 aliphatic carbocycles. The Bertz CT molecular complexity index is 920. The third kappa shape index (κ3) is 5.77. The number of allylic oxidation sites excluding steroid dienone is 1. The van der Waals surface area contributed by atoms with Gasteiger partial charge in [0.15, 0.2) is 5.65 Å². The van der Waals surface area contributed by atoms with Crippen molar-refractivity contribution in [2.75, 3.05) is 37.8 Å². The van der Waals surface area contributed by atoms with E-state index in [1.165, 1.54) is 18.6 Å². The van der Waals surface area contributed by atoms with Crippen LogP contribution < -0.4 is 27.0 Å². The van der Waals surface area contributed by atoms with Crippen LogP contribution in [0.2, 0.25) is 0 Å². The number of fused-ring (bicyclic) bond motifs is 1. The van der Waals surface area contributed by atoms with E-state index >= 15 is 0 Å². The van der Waals surface area contributed by atoms with Gasteiger partial charge in [-0.1, -0.05) is 6.92 Å². The number of carbonyl (C=O) groups is 2. The minimum Gasteiger partial charge on any atom is -0.403 e. The van der Waals surface area contributed by atoms with E-state index in [9.17, 15) is 9.59 Å². The predicted molar refractivity (Wildman–Crippen MR) is 118 cm³/mol. The van der Waals surface area contributed by atoms with E-state index in [1.807, 2.05) is 14.0 Å². The summed E-state index contributed by atoms with van der Waals surface area (Å²) in [6, 6.07) is 1.25. The molecule has 1 amide bonds. The van der Waals surface area contributed by atoms with Gasteiger partial charge in [-0.2, -0.15) is 9.61 Å². The Labute approximate surface area is 175 Å². The molecule has 30 heavy (non-hydrogen) atoms. The van der Waals surface area contributed by atoms with Crippen molar-refractivity contribution in [2.24, 2.45) is 10.7 Å². The zero-order valence-corrected chi connectivity index (χ0v) is 17.5. The van der Waals surface area contributed by atoms with Gasteiger partial charge in [-0.3, -0.25) is 9.79 Å². The number of rotatable bonds is 12. The monoisotopic (exact) mass is 415 g/mol. The Morgan fingerprint density at radius 1 is 1.37 bits per heavy atom. The first-order valence-electron chi connectivity index (χ1n) is 9.74. The fourth-order valence-electron chi connectivity index (χ4n) is 2.61. The number of hydrogen-bond donors (Lipinski definition) is 5. The second kappa shape index (κ2) is 11.5. The van der Waals surface area contributed by atoms with Crippen molar-refractivity contribution in [3.05, 3.63) is 29.7 Å². The van der Waals surface area contributed by atoms with Crippen LogP contribution in [0.1, 0.15) is 30.1 Å². The zero-order chi connectivity index (χ0) is 21.9. The van der Waals surface area contributed by atoms with E-state index in [2.05, 4.69) is 36.3 Å². The molecule has 0 aliphatic rings. The quantitative estimate of drug-likeness (QED) is 0.246. The largest absolute Gasteiger partial charge is 0.403 e. The fourth-order valence-corrected chi connectivity index (χ4v) is 2.61. The van der Waals surface area contributed by atoms with Gasteiger partial charge in [0.25, 0.3) is 5.91 Å². The third-order valence-corrected chi connectivity index (χ3v) is 4.21. The highest BCUT2D eigenvalue weighted by Crippen LogP contribution is 2.19. The lowest BCUT2D eigenvalue weighted by Gasteiger charge is -2.11. The summed E-state index contributed by atoms with van der Waals surface area (Å²) in [6.07, 6.45) is 6.50. The molecule has 2 aromatic heterocycles. The summed E-state index contributed by atoms with van der Waals surface area (Å²) in [5.74, 6) is 0.830. The number of hydrogen-bond acceptors (Lipinski definition) is 9. The Hall–Kier alpha value is -3.47. The van der Waals surface area contributed by atoms with Crippen LogP contribution in [0.4, 0.5) is 11.6 Å². The Morgan fingerprint density at radius 3 is 2.80 bits per heavy atom. The maximum atomic E-state index is 12.4. The molecular formula is C19H29N9O2. The lowest BCUT2D eigenvalue weighted by molar-refractivity contribution is -0.108. The SMILES string of the molecule is CCCNC(=O)c1cnn2c(NC)cc(NC(C=NC(C=O)CCNC)=CN)nc12. The molecular weight excluding hydrogens is 386 g/mol. The Kier molecular flexibility index (Phi) is 8.75. The molecule has 2 aromatic rings. The summed E-state index contributed by atoms with van der Waals surface area (Å²) in [4.78, 5) is 32.4. The molecule has 0 spiro atoms. The predicted octanol–water partition coefficient (Wildman–Crippen LogP) is 0.371. The highest BCUT2D eigenvalue weighted by Gasteiger charge is 2.17. The minimum atomic E-state index is -0.471. The van der Waals surface area contributed by atoms with Crippen molar-refractivity contribution < 1.29 is 9.59 Å². The van der Waals surface area contributed by atoms with E-state index in [0.29, 0.717) is 48.1 Å². The first-order chi connectivity index (χ1) is 14.6. The second-order valence-corrected chi connectivity index (χ2v) is 6.45. The topological polar surface area (TPSA) is 151 Å². The van der Waals surface area contributed by atoms with Crippen LogP contribution in [0.3, 0.4) is 0 Å². The van der Waals surface area contributed by atoms with Gasteiger partial charge in [0.1, 0.15) is 29.5 Å². The second-order valence-electron chi connectivity index (χ2n) is 6.45. The molecule has 0 aliphatic heterocycles. The lowest BCUT2D eigenvalue weighted by atomic mass is 10.2. The fraction of sp³-hybridized carbons (Fsp3) is 0.421. The molecule has 0 fully saturated rings. The third-order valence-electron chi connectivity index (χ3n) is 4.21. The number of carbonyl (C=O) groups excluding carboxylic acids is 2. The average molecular weight is 416 g/mol. The van der Waals surface area contributed by atoms with Gasteiger partial charge < -0.3 is 31.8 Å². The molecule has 0 bridgehead atoms. The van der Waals surface area contributed by atoms with Gasteiger partial charge in [-0.15, -0.1) is 0 Å². The molecule has 6 N–H and O–H groups in total. The molecule has 0 radical (unpaired) electrons. The van der Waals surface area contributed by atoms with Crippen molar-refractivity contribution in [3.8, 4) is 0 Å². The van der Waals surface area contributed by atoms with Crippen LogP contribution in [0.15, 0.2) is 29.2 Å². The molecule has 1 unspecified atom stereocenters. The summed E-state index contributed by atoms with van der Waals surface area (Å²) in [5.41, 5.74) is 6.92. The van der Waals surface area contributed by atoms with Crippen molar-refractivity contribution in [1.29, 1.82) is 0 Å². The van der Waals surface area contributed by atoms with Crippen LogP contribution in [0.25, 0.3) is 5.65 Å². The van der Waals surface area contributed by atoms with Gasteiger partial charge in [-0.05, 0) is 26.4 Å². The summed E-state index contributed by atoms with van der Waals surface area (Å²) in [7, 11) is 3.56. The van der Waals surface area contributed by atoms with Gasteiger partial charge in [0, 0.05) is 32.1 Å². The van der Waals surface area contributed by atoms with Crippen LogP contribution >= 0.6 is 0 Å². The summed E-state index contributed by atoms with van der Waals surface area (Å²) in [5, 5.41) is 16.2. The average Bonchev–Trinajstić information content (AvgIpc) is 3.20. The van der Waals surface area contributed by atoms with Crippen LogP contribution in [0, 0.1) is 0 Å². The normalized spacial score (nSPS) is 12.8. The number of nitrogens with two attached hydrogens (primary N) is 1. The molecule has 162 valence electrons. The number of nitrogens with zero attached hydrogens (tertiary/aromatic N) is 4. The number of aromatic nitrogens is 3. The maximum Gasteiger partial charge on any atom is 0.256 e. The highest BCUT2D eigenvalue weighted by molar-refractivity contribution is 6.00. The number of amides is 1. The Balaban J connectivity index is 2.29. The zero-order valence-electron chi connectivity index (χ0n) is 17.5. The molecule has 2 heterocycles. The van der Waals surface area contributed by atoms with Crippen molar-refractivity contribution >= 4 is 35.7 Å². The maximum absolute atomic E-state index is 12.4. The van der Waals surface area contributed by atoms with E-state index in [4.69, 9.17) is 5.73 Å². The van der Waals surface area contributed by atoms with Crippen molar-refractivity contribution in [2.45, 2.75) is 25.8 Å². The molecule has 2 rings (SSSR count). The van der Waals surface area contributed by atoms with Crippen molar-refractivity contribution in [1.82, 2.24) is 25.2 Å². The van der Waals surface area contributed by atoms with Crippen molar-refractivity contribution in [3.63, 3.8) is 0 Å². The number of anilines is 2. The van der Waals surface area contributed by atoms with Crippen LogP contribution in [-0.2, 0) is 4.79 Å². The van der Waals surface area contributed by atoms with Gasteiger partial charge >= 0.3 is 0 Å². The summed E-state index contributed by atoms with van der Waals surface area (Å²) >= 11 is 0. The number of aldehydes is 1. The lowest BCUT2D eigenvalue weighted by Crippen LogP contribution is -2.24. The minimum absolute atomic E-state index is 0.243. The first kappa shape index (κ1) is 22.8. The number of aliphatic imine (C=N–C) groups is 1. The standard InChI is InChI=1S/C19H29N9O2/c1-4-6-23-19(30)15-11-25-28-17(22-3)8-16(27-18(15)28)26-14(9-20)10-24-13(12-29)5-7-21-2/h8-13,21-22H,4-7,20H2,1-3H3,(H,23,30)(H,26,27).